The molecule has 0 spiro atoms. The Bertz CT molecular complexity index is 1830. The van der Waals surface area contributed by atoms with Gasteiger partial charge in [0, 0.05) is 6.42 Å². The number of unbranched alkanes of at least 4 members (excludes halogenated alkanes) is 52. The van der Waals surface area contributed by atoms with Crippen LogP contribution in [0.1, 0.15) is 386 Å². The lowest BCUT2D eigenvalue weighted by Crippen LogP contribution is -2.65. The van der Waals surface area contributed by atoms with Gasteiger partial charge in [0.1, 0.15) is 48.8 Å². The Morgan fingerprint density at radius 3 is 1.00 bits per heavy atom. The fraction of sp³-hybridized carbons (Fsp3) is 0.893. The molecule has 0 aromatic heterocycles. The van der Waals surface area contributed by atoms with Crippen molar-refractivity contribution in [3.8, 4) is 0 Å². The smallest absolute Gasteiger partial charge is 0.220 e. The standard InChI is InChI=1S/C84H157NO13/c1-3-5-7-9-11-13-15-17-19-21-23-25-27-29-31-33-35-36-38-39-41-43-45-47-49-51-53-55-57-59-61-63-65-67-73(88)72(71-95-83-81(94)79(92)82(75(70-87)97-83)98-84-80(93)78(91)77(90)74(69-86)96-84)85-76(89)68-66-64-62-60-58-56-54-52-50-48-46-44-42-40-37-34-32-30-28-26-24-22-20-18-16-14-12-10-8-6-4-2/h22,24,49,51,57,59,65,67,72-75,77-84,86-88,90-94H,3-21,23,25-48,50,52-56,58,60-64,66,68-71H2,1-2H3,(H,85,89)/b24-22-,51-49+,59-57+,67-65+. The second-order valence-electron chi connectivity index (χ2n) is 29.6. The molecule has 0 aromatic carbocycles. The maximum atomic E-state index is 13.4. The largest absolute Gasteiger partial charge is 0.394 e. The molecule has 14 heteroatoms. The molecular weight excluding hydrogens is 1230 g/mol. The van der Waals surface area contributed by atoms with Crippen molar-refractivity contribution in [3.63, 3.8) is 0 Å². The number of carbonyl (C=O) groups is 1. The number of amides is 1. The first-order valence-corrected chi connectivity index (χ1v) is 41.9. The number of ether oxygens (including phenoxy) is 4. The summed E-state index contributed by atoms with van der Waals surface area (Å²) < 4.78 is 22.9. The topological polar surface area (TPSA) is 228 Å². The molecule has 2 saturated heterocycles. The maximum Gasteiger partial charge on any atom is 0.220 e. The Morgan fingerprint density at radius 2 is 0.653 bits per heavy atom. The van der Waals surface area contributed by atoms with Gasteiger partial charge in [-0.3, -0.25) is 4.79 Å². The molecule has 2 fully saturated rings. The van der Waals surface area contributed by atoms with E-state index in [0.29, 0.717) is 12.8 Å². The molecule has 2 aliphatic rings. The van der Waals surface area contributed by atoms with Crippen LogP contribution in [0.4, 0.5) is 0 Å². The summed E-state index contributed by atoms with van der Waals surface area (Å²) in [5.74, 6) is -0.246. The summed E-state index contributed by atoms with van der Waals surface area (Å²) in [5, 5.41) is 87.7. The van der Waals surface area contributed by atoms with Crippen LogP contribution in [0.15, 0.2) is 48.6 Å². The van der Waals surface area contributed by atoms with E-state index >= 15 is 0 Å². The first kappa shape index (κ1) is 92.0. The predicted octanol–water partition coefficient (Wildman–Crippen LogP) is 19.4. The van der Waals surface area contributed by atoms with Crippen LogP contribution in [-0.4, -0.2) is 140 Å². The summed E-state index contributed by atoms with van der Waals surface area (Å²) in [6.45, 7) is 2.84. The molecule has 12 unspecified atom stereocenters. The first-order chi connectivity index (χ1) is 48.1. The number of allylic oxidation sites excluding steroid dienone is 7. The van der Waals surface area contributed by atoms with Crippen LogP contribution in [0.5, 0.6) is 0 Å². The summed E-state index contributed by atoms with van der Waals surface area (Å²) in [4.78, 5) is 13.4. The number of hydrogen-bond donors (Lipinski definition) is 9. The van der Waals surface area contributed by atoms with Gasteiger partial charge in [0.25, 0.3) is 0 Å². The average molecular weight is 1390 g/mol. The zero-order chi connectivity index (χ0) is 70.8. The number of carbonyl (C=O) groups excluding carboxylic acids is 1. The van der Waals surface area contributed by atoms with Crippen LogP contribution in [-0.2, 0) is 23.7 Å². The molecule has 14 nitrogen and oxygen atoms in total. The Hall–Kier alpha value is -2.05. The third-order valence-electron chi connectivity index (χ3n) is 20.5. The zero-order valence-electron chi connectivity index (χ0n) is 63.3. The quantitative estimate of drug-likeness (QED) is 0.0204. The number of aliphatic hydroxyl groups is 8. The lowest BCUT2D eigenvalue weighted by molar-refractivity contribution is -0.359. The minimum Gasteiger partial charge on any atom is -0.394 e. The van der Waals surface area contributed by atoms with Gasteiger partial charge in [0.15, 0.2) is 12.6 Å². The average Bonchev–Trinajstić information content (AvgIpc) is 0.793. The normalized spacial score (nSPS) is 22.2. The monoisotopic (exact) mass is 1390 g/mol. The highest BCUT2D eigenvalue weighted by atomic mass is 16.7. The zero-order valence-corrected chi connectivity index (χ0v) is 63.3. The van der Waals surface area contributed by atoms with Gasteiger partial charge >= 0.3 is 0 Å². The van der Waals surface area contributed by atoms with E-state index < -0.39 is 86.8 Å². The second-order valence-corrected chi connectivity index (χ2v) is 29.6. The van der Waals surface area contributed by atoms with E-state index in [4.69, 9.17) is 18.9 Å². The van der Waals surface area contributed by atoms with E-state index in [1.165, 1.54) is 308 Å². The maximum absolute atomic E-state index is 13.4. The summed E-state index contributed by atoms with van der Waals surface area (Å²) in [6, 6.07) is -0.940. The van der Waals surface area contributed by atoms with Crippen LogP contribution in [0.3, 0.4) is 0 Å². The van der Waals surface area contributed by atoms with Crippen LogP contribution in [0.2, 0.25) is 0 Å². The molecule has 2 rings (SSSR count). The molecule has 98 heavy (non-hydrogen) atoms. The van der Waals surface area contributed by atoms with Crippen LogP contribution in [0, 0.1) is 0 Å². The fourth-order valence-electron chi connectivity index (χ4n) is 13.9. The van der Waals surface area contributed by atoms with Crippen LogP contribution < -0.4 is 5.32 Å². The molecule has 2 heterocycles. The Kier molecular flexibility index (Phi) is 63.9. The number of rotatable bonds is 71. The van der Waals surface area contributed by atoms with E-state index in [1.54, 1.807) is 6.08 Å². The molecule has 12 atom stereocenters. The minimum absolute atomic E-state index is 0.246. The van der Waals surface area contributed by atoms with Crippen LogP contribution in [0.25, 0.3) is 0 Å². The summed E-state index contributed by atoms with van der Waals surface area (Å²) >= 11 is 0. The van der Waals surface area contributed by atoms with E-state index in [2.05, 4.69) is 55.6 Å². The Balaban J connectivity index is 1.62. The molecule has 0 radical (unpaired) electrons. The van der Waals surface area contributed by atoms with Crippen molar-refractivity contribution in [3.05, 3.63) is 48.6 Å². The van der Waals surface area contributed by atoms with Crippen molar-refractivity contribution in [1.82, 2.24) is 5.32 Å². The summed E-state index contributed by atoms with van der Waals surface area (Å²) in [7, 11) is 0. The van der Waals surface area contributed by atoms with Crippen molar-refractivity contribution in [2.45, 2.75) is 460 Å². The number of nitrogens with one attached hydrogen (secondary N) is 1. The van der Waals surface area contributed by atoms with Crippen molar-refractivity contribution in [2.24, 2.45) is 0 Å². The van der Waals surface area contributed by atoms with Crippen molar-refractivity contribution < 1.29 is 64.6 Å². The van der Waals surface area contributed by atoms with Gasteiger partial charge in [-0.05, 0) is 70.6 Å². The summed E-state index contributed by atoms with van der Waals surface area (Å²) in [6.07, 6.45) is 75.0. The first-order valence-electron chi connectivity index (χ1n) is 41.9. The molecule has 2 aliphatic heterocycles. The van der Waals surface area contributed by atoms with Crippen molar-refractivity contribution in [1.29, 1.82) is 0 Å². The number of aliphatic hydroxyl groups excluding tert-OH is 8. The molecule has 0 aromatic rings. The van der Waals surface area contributed by atoms with Crippen molar-refractivity contribution >= 4 is 5.91 Å². The van der Waals surface area contributed by atoms with Gasteiger partial charge in [-0.1, -0.05) is 358 Å². The molecule has 1 amide bonds. The van der Waals surface area contributed by atoms with E-state index in [1.807, 2.05) is 6.08 Å². The lowest BCUT2D eigenvalue weighted by Gasteiger charge is -2.46. The fourth-order valence-corrected chi connectivity index (χ4v) is 13.9. The predicted molar refractivity (Wildman–Crippen MR) is 406 cm³/mol. The molecule has 0 saturated carbocycles. The van der Waals surface area contributed by atoms with Gasteiger partial charge in [0.2, 0.25) is 5.91 Å². The van der Waals surface area contributed by atoms with Crippen molar-refractivity contribution in [2.75, 3.05) is 19.8 Å². The third kappa shape index (κ3) is 50.4. The van der Waals surface area contributed by atoms with Gasteiger partial charge in [-0.25, -0.2) is 0 Å². The van der Waals surface area contributed by atoms with Crippen LogP contribution >= 0.6 is 0 Å². The lowest BCUT2D eigenvalue weighted by atomic mass is 9.97. The van der Waals surface area contributed by atoms with Gasteiger partial charge in [-0.15, -0.1) is 0 Å². The van der Waals surface area contributed by atoms with E-state index in [0.717, 1.165) is 44.9 Å². The van der Waals surface area contributed by atoms with Gasteiger partial charge in [-0.2, -0.15) is 0 Å². The highest BCUT2D eigenvalue weighted by Crippen LogP contribution is 2.30. The molecular formula is C84H157NO13. The second kappa shape index (κ2) is 68.1. The van der Waals surface area contributed by atoms with Gasteiger partial charge < -0.3 is 65.1 Å². The SMILES string of the molecule is CCCCCCCCCC/C=C\CCCCCCCCCCCCCCCCCCCCCC(=O)NC(COC1OC(CO)C(OC2OC(CO)C(O)C(O)C2O)C(O)C1O)C(O)/C=C/CC/C=C/CC/C=C/CCCCCCCCCCCCCCCCCCCCCCCCC. The van der Waals surface area contributed by atoms with E-state index in [-0.39, 0.29) is 18.9 Å². The van der Waals surface area contributed by atoms with Gasteiger partial charge in [0.05, 0.1) is 32.0 Å². The Labute approximate surface area is 601 Å². The highest BCUT2D eigenvalue weighted by Gasteiger charge is 2.51. The minimum atomic E-state index is -1.79. The summed E-state index contributed by atoms with van der Waals surface area (Å²) in [5.41, 5.74) is 0. The molecule has 576 valence electrons. The Morgan fingerprint density at radius 1 is 0.357 bits per heavy atom. The highest BCUT2D eigenvalue weighted by molar-refractivity contribution is 5.76. The molecule has 0 aliphatic carbocycles. The molecule has 9 N–H and O–H groups in total. The molecule has 0 bridgehead atoms. The third-order valence-corrected chi connectivity index (χ3v) is 20.5. The number of hydrogen-bond acceptors (Lipinski definition) is 13. The van der Waals surface area contributed by atoms with E-state index in [9.17, 15) is 45.6 Å².